The van der Waals surface area contributed by atoms with Crippen LogP contribution in [0, 0.1) is 11.7 Å². The Morgan fingerprint density at radius 1 is 1.24 bits per heavy atom. The number of carbonyl (C=O) groups excluding carboxylic acids is 1. The molecule has 0 aromatic heterocycles. The van der Waals surface area contributed by atoms with Crippen LogP contribution in [-0.2, 0) is 4.79 Å². The molecule has 1 aliphatic heterocycles. The third-order valence-corrected chi connectivity index (χ3v) is 5.08. The Balaban J connectivity index is 1.47. The van der Waals surface area contributed by atoms with E-state index in [-0.39, 0.29) is 11.7 Å². The van der Waals surface area contributed by atoms with Gasteiger partial charge in [-0.3, -0.25) is 4.79 Å². The lowest BCUT2D eigenvalue weighted by molar-refractivity contribution is -0.116. The Morgan fingerprint density at radius 3 is 2.76 bits per heavy atom. The van der Waals surface area contributed by atoms with Crippen molar-refractivity contribution in [2.45, 2.75) is 6.42 Å². The topological polar surface area (TPSA) is 32.3 Å². The number of nitrogens with zero attached hydrogens (tertiary/aromatic N) is 1. The highest BCUT2D eigenvalue weighted by Gasteiger charge is 2.22. The summed E-state index contributed by atoms with van der Waals surface area (Å²) in [5.41, 5.74) is 2.00. The van der Waals surface area contributed by atoms with Crippen molar-refractivity contribution in [2.24, 2.45) is 5.92 Å². The summed E-state index contributed by atoms with van der Waals surface area (Å²) >= 11 is 3.46. The Bertz CT molecular complexity index is 761. The third-order valence-electron chi connectivity index (χ3n) is 4.36. The van der Waals surface area contributed by atoms with Crippen LogP contribution < -0.4 is 10.2 Å². The second kappa shape index (κ2) is 8.30. The zero-order valence-corrected chi connectivity index (χ0v) is 15.4. The predicted molar refractivity (Wildman–Crippen MR) is 103 cm³/mol. The first-order valence-electron chi connectivity index (χ1n) is 8.33. The van der Waals surface area contributed by atoms with E-state index in [0.29, 0.717) is 12.5 Å². The molecule has 0 saturated carbocycles. The summed E-state index contributed by atoms with van der Waals surface area (Å²) < 4.78 is 14.0. The molecule has 0 aliphatic carbocycles. The quantitative estimate of drug-likeness (QED) is 0.758. The van der Waals surface area contributed by atoms with Gasteiger partial charge in [0.25, 0.3) is 0 Å². The van der Waals surface area contributed by atoms with Crippen molar-refractivity contribution < 1.29 is 9.18 Å². The van der Waals surface area contributed by atoms with Gasteiger partial charge < -0.3 is 10.2 Å². The van der Waals surface area contributed by atoms with Crippen LogP contribution in [0.15, 0.2) is 59.1 Å². The van der Waals surface area contributed by atoms with E-state index in [9.17, 15) is 9.18 Å². The lowest BCUT2D eigenvalue weighted by Gasteiger charge is -2.18. The molecule has 2 aromatic carbocycles. The number of halogens is 2. The molecule has 1 atom stereocenters. The molecule has 1 heterocycles. The summed E-state index contributed by atoms with van der Waals surface area (Å²) in [6, 6.07) is 14.3. The minimum atomic E-state index is -0.219. The number of hydrogen-bond acceptors (Lipinski definition) is 2. The van der Waals surface area contributed by atoms with Gasteiger partial charge in [-0.1, -0.05) is 34.1 Å². The van der Waals surface area contributed by atoms with Crippen molar-refractivity contribution in [3.05, 3.63) is 70.5 Å². The molecule has 0 bridgehead atoms. The van der Waals surface area contributed by atoms with Gasteiger partial charge in [0.05, 0.1) is 0 Å². The Hall–Kier alpha value is -2.14. The highest BCUT2D eigenvalue weighted by molar-refractivity contribution is 9.10. The lowest BCUT2D eigenvalue weighted by atomic mass is 10.1. The van der Waals surface area contributed by atoms with Crippen LogP contribution in [0.1, 0.15) is 12.0 Å². The van der Waals surface area contributed by atoms with Crippen molar-refractivity contribution in [1.29, 1.82) is 0 Å². The predicted octanol–water partition coefficient (Wildman–Crippen LogP) is 4.24. The highest BCUT2D eigenvalue weighted by atomic mass is 79.9. The fraction of sp³-hybridized carbons (Fsp3) is 0.250. The van der Waals surface area contributed by atoms with Gasteiger partial charge in [-0.05, 0) is 54.3 Å². The molecule has 130 valence electrons. The van der Waals surface area contributed by atoms with E-state index < -0.39 is 0 Å². The molecule has 1 aliphatic rings. The zero-order chi connectivity index (χ0) is 17.6. The second-order valence-electron chi connectivity index (χ2n) is 6.18. The van der Waals surface area contributed by atoms with Gasteiger partial charge in [0.15, 0.2) is 0 Å². The van der Waals surface area contributed by atoms with Gasteiger partial charge in [-0.15, -0.1) is 0 Å². The molecule has 0 radical (unpaired) electrons. The van der Waals surface area contributed by atoms with E-state index >= 15 is 0 Å². The third kappa shape index (κ3) is 4.92. The Morgan fingerprint density at radius 2 is 2.00 bits per heavy atom. The van der Waals surface area contributed by atoms with Crippen LogP contribution in [0.2, 0.25) is 0 Å². The molecule has 3 rings (SSSR count). The number of rotatable bonds is 5. The molecule has 0 spiro atoms. The van der Waals surface area contributed by atoms with Gasteiger partial charge in [-0.25, -0.2) is 4.39 Å². The molecule has 1 fully saturated rings. The maximum atomic E-state index is 13.0. The maximum Gasteiger partial charge on any atom is 0.244 e. The molecular weight excluding hydrogens is 383 g/mol. The van der Waals surface area contributed by atoms with Crippen LogP contribution in [-0.4, -0.2) is 25.5 Å². The fourth-order valence-electron chi connectivity index (χ4n) is 2.97. The van der Waals surface area contributed by atoms with Crippen LogP contribution >= 0.6 is 15.9 Å². The lowest BCUT2D eigenvalue weighted by Crippen LogP contribution is -2.29. The first-order chi connectivity index (χ1) is 12.1. The van der Waals surface area contributed by atoms with Gasteiger partial charge in [0, 0.05) is 35.9 Å². The SMILES string of the molecule is O=C(C=Cc1ccccc1Br)NCC1CCN(c2ccc(F)cc2)C1. The average Bonchev–Trinajstić information content (AvgIpc) is 3.09. The van der Waals surface area contributed by atoms with Gasteiger partial charge in [0.2, 0.25) is 5.91 Å². The second-order valence-corrected chi connectivity index (χ2v) is 7.03. The summed E-state index contributed by atoms with van der Waals surface area (Å²) in [6.07, 6.45) is 4.39. The van der Waals surface area contributed by atoms with Gasteiger partial charge in [0.1, 0.15) is 5.82 Å². The summed E-state index contributed by atoms with van der Waals surface area (Å²) in [6.45, 7) is 2.45. The molecule has 2 aromatic rings. The number of anilines is 1. The maximum absolute atomic E-state index is 13.0. The summed E-state index contributed by atoms with van der Waals surface area (Å²) in [7, 11) is 0. The van der Waals surface area contributed by atoms with Crippen molar-refractivity contribution in [3.63, 3.8) is 0 Å². The molecule has 1 amide bonds. The van der Waals surface area contributed by atoms with Crippen LogP contribution in [0.25, 0.3) is 6.08 Å². The molecular formula is C20H20BrFN2O. The Kier molecular flexibility index (Phi) is 5.87. The molecule has 1 unspecified atom stereocenters. The number of amides is 1. The highest BCUT2D eigenvalue weighted by Crippen LogP contribution is 2.23. The minimum Gasteiger partial charge on any atom is -0.371 e. The fourth-order valence-corrected chi connectivity index (χ4v) is 3.38. The van der Waals surface area contributed by atoms with Crippen molar-refractivity contribution in [1.82, 2.24) is 5.32 Å². The molecule has 3 nitrogen and oxygen atoms in total. The smallest absolute Gasteiger partial charge is 0.244 e. The van der Waals surface area contributed by atoms with E-state index in [1.807, 2.05) is 24.3 Å². The van der Waals surface area contributed by atoms with Crippen molar-refractivity contribution >= 4 is 33.6 Å². The van der Waals surface area contributed by atoms with E-state index in [0.717, 1.165) is 35.2 Å². The Labute approximate surface area is 155 Å². The molecule has 25 heavy (non-hydrogen) atoms. The first-order valence-corrected chi connectivity index (χ1v) is 9.12. The number of carbonyl (C=O) groups is 1. The normalized spacial score (nSPS) is 17.2. The average molecular weight is 403 g/mol. The summed E-state index contributed by atoms with van der Waals surface area (Å²) in [5.74, 6) is 0.102. The van der Waals surface area contributed by atoms with Crippen LogP contribution in [0.5, 0.6) is 0 Å². The van der Waals surface area contributed by atoms with E-state index in [2.05, 4.69) is 26.1 Å². The zero-order valence-electron chi connectivity index (χ0n) is 13.8. The van der Waals surface area contributed by atoms with Crippen molar-refractivity contribution in [3.8, 4) is 0 Å². The number of hydrogen-bond donors (Lipinski definition) is 1. The molecule has 1 N–H and O–H groups in total. The monoisotopic (exact) mass is 402 g/mol. The van der Waals surface area contributed by atoms with Crippen LogP contribution in [0.4, 0.5) is 10.1 Å². The van der Waals surface area contributed by atoms with Crippen LogP contribution in [0.3, 0.4) is 0 Å². The van der Waals surface area contributed by atoms with E-state index in [1.165, 1.54) is 12.1 Å². The van der Waals surface area contributed by atoms with E-state index in [1.54, 1.807) is 24.3 Å². The first kappa shape index (κ1) is 17.7. The molecule has 1 saturated heterocycles. The number of benzene rings is 2. The van der Waals surface area contributed by atoms with Gasteiger partial charge >= 0.3 is 0 Å². The van der Waals surface area contributed by atoms with E-state index in [4.69, 9.17) is 0 Å². The molecule has 5 heteroatoms. The summed E-state index contributed by atoms with van der Waals surface area (Å²) in [5, 5.41) is 2.97. The summed E-state index contributed by atoms with van der Waals surface area (Å²) in [4.78, 5) is 14.2. The number of nitrogens with one attached hydrogen (secondary N) is 1. The van der Waals surface area contributed by atoms with Gasteiger partial charge in [-0.2, -0.15) is 0 Å². The standard InChI is InChI=1S/C20H20BrFN2O/c21-19-4-2-1-3-16(19)5-10-20(25)23-13-15-11-12-24(14-15)18-8-6-17(22)7-9-18/h1-10,15H,11-14H2,(H,23,25). The minimum absolute atomic E-state index is 0.0871. The largest absolute Gasteiger partial charge is 0.371 e. The van der Waals surface area contributed by atoms with Crippen molar-refractivity contribution in [2.75, 3.05) is 24.5 Å².